The highest BCUT2D eigenvalue weighted by Gasteiger charge is 2.07. The van der Waals surface area contributed by atoms with E-state index in [4.69, 9.17) is 0 Å². The maximum atomic E-state index is 12.3. The normalized spacial score (nSPS) is 11.1. The second-order valence-corrected chi connectivity index (χ2v) is 8.28. The minimum atomic E-state index is -0.0307. The summed E-state index contributed by atoms with van der Waals surface area (Å²) >= 11 is 0. The van der Waals surface area contributed by atoms with Crippen LogP contribution in [0.15, 0.2) is 48.7 Å². The Labute approximate surface area is 187 Å². The van der Waals surface area contributed by atoms with Gasteiger partial charge in [0.2, 0.25) is 0 Å². The number of nitrogens with zero attached hydrogens (tertiary/aromatic N) is 2. The van der Waals surface area contributed by atoms with Gasteiger partial charge in [0, 0.05) is 24.8 Å². The summed E-state index contributed by atoms with van der Waals surface area (Å²) in [6.07, 6.45) is 14.6. The van der Waals surface area contributed by atoms with E-state index in [1.807, 2.05) is 42.5 Å². The number of hydroxylamine groups is 2. The fourth-order valence-corrected chi connectivity index (χ4v) is 3.62. The van der Waals surface area contributed by atoms with E-state index in [0.29, 0.717) is 18.7 Å². The molecule has 0 bridgehead atoms. The molecule has 2 N–H and O–H groups in total. The van der Waals surface area contributed by atoms with E-state index in [1.54, 1.807) is 6.20 Å². The number of hydrogen-bond donors (Lipinski definition) is 2. The summed E-state index contributed by atoms with van der Waals surface area (Å²) in [4.78, 5) is 16.5. The van der Waals surface area contributed by atoms with Gasteiger partial charge in [-0.05, 0) is 36.2 Å². The topological polar surface area (TPSA) is 65.5 Å². The van der Waals surface area contributed by atoms with Gasteiger partial charge in [-0.25, -0.2) is 0 Å². The first kappa shape index (κ1) is 25.0. The highest BCUT2D eigenvalue weighted by Crippen LogP contribution is 2.11. The van der Waals surface area contributed by atoms with E-state index in [0.717, 1.165) is 24.2 Å². The van der Waals surface area contributed by atoms with Gasteiger partial charge in [-0.2, -0.15) is 5.06 Å². The van der Waals surface area contributed by atoms with Crippen molar-refractivity contribution in [3.05, 3.63) is 65.5 Å². The average molecular weight is 426 g/mol. The Morgan fingerprint density at radius 3 is 2.13 bits per heavy atom. The minimum absolute atomic E-state index is 0.0307. The molecule has 5 nitrogen and oxygen atoms in total. The van der Waals surface area contributed by atoms with E-state index >= 15 is 0 Å². The predicted octanol–water partition coefficient (Wildman–Crippen LogP) is 6.12. The average Bonchev–Trinajstić information content (AvgIpc) is 2.78. The Morgan fingerprint density at radius 2 is 1.52 bits per heavy atom. The number of rotatable bonds is 16. The number of pyridine rings is 1. The van der Waals surface area contributed by atoms with Crippen molar-refractivity contribution in [1.29, 1.82) is 0 Å². The molecular weight excluding hydrogens is 386 g/mol. The number of carbonyl (C=O) groups is 1. The molecule has 0 saturated heterocycles. The second kappa shape index (κ2) is 15.5. The van der Waals surface area contributed by atoms with Crippen LogP contribution in [0.5, 0.6) is 0 Å². The molecule has 170 valence electrons. The van der Waals surface area contributed by atoms with Gasteiger partial charge in [-0.1, -0.05) is 82.9 Å². The zero-order valence-electron chi connectivity index (χ0n) is 19.1. The molecule has 0 saturated carbocycles. The monoisotopic (exact) mass is 425 g/mol. The summed E-state index contributed by atoms with van der Waals surface area (Å²) in [6.45, 7) is 3.73. The van der Waals surface area contributed by atoms with Gasteiger partial charge in [0.1, 0.15) is 0 Å². The molecule has 1 heterocycles. The number of hydrogen-bond acceptors (Lipinski definition) is 4. The second-order valence-electron chi connectivity index (χ2n) is 8.28. The smallest absolute Gasteiger partial charge is 0.251 e. The van der Waals surface area contributed by atoms with Crippen LogP contribution in [0.4, 0.5) is 0 Å². The van der Waals surface area contributed by atoms with Crippen molar-refractivity contribution in [2.75, 3.05) is 6.54 Å². The van der Waals surface area contributed by atoms with Gasteiger partial charge >= 0.3 is 0 Å². The van der Waals surface area contributed by atoms with Crippen molar-refractivity contribution in [1.82, 2.24) is 15.4 Å². The zero-order chi connectivity index (χ0) is 22.2. The zero-order valence-corrected chi connectivity index (χ0v) is 19.1. The molecule has 0 atom stereocenters. The van der Waals surface area contributed by atoms with Crippen molar-refractivity contribution in [2.45, 2.75) is 84.2 Å². The molecule has 0 fully saturated rings. The third-order valence-electron chi connectivity index (χ3n) is 5.47. The first-order valence-electron chi connectivity index (χ1n) is 11.9. The number of nitrogens with one attached hydrogen (secondary N) is 1. The predicted molar refractivity (Wildman–Crippen MR) is 126 cm³/mol. The molecule has 1 aromatic heterocycles. The lowest BCUT2D eigenvalue weighted by atomic mass is 10.1. The maximum Gasteiger partial charge on any atom is 0.251 e. The van der Waals surface area contributed by atoms with E-state index in [1.165, 1.54) is 62.9 Å². The summed E-state index contributed by atoms with van der Waals surface area (Å²) in [5.41, 5.74) is 2.42. The Hall–Kier alpha value is -2.24. The quantitative estimate of drug-likeness (QED) is 0.251. The van der Waals surface area contributed by atoms with Gasteiger partial charge in [0.15, 0.2) is 0 Å². The summed E-state index contributed by atoms with van der Waals surface area (Å²) in [6, 6.07) is 13.0. The summed E-state index contributed by atoms with van der Waals surface area (Å²) in [7, 11) is 0. The molecule has 0 spiro atoms. The Kier molecular flexibility index (Phi) is 12.5. The van der Waals surface area contributed by atoms with Crippen molar-refractivity contribution in [3.63, 3.8) is 0 Å². The van der Waals surface area contributed by atoms with Crippen molar-refractivity contribution >= 4 is 5.91 Å². The highest BCUT2D eigenvalue weighted by molar-refractivity contribution is 5.94. The van der Waals surface area contributed by atoms with E-state index in [9.17, 15) is 10.0 Å². The van der Waals surface area contributed by atoms with Crippen molar-refractivity contribution < 1.29 is 10.0 Å². The van der Waals surface area contributed by atoms with Gasteiger partial charge in [-0.15, -0.1) is 0 Å². The number of carbonyl (C=O) groups excluding carboxylic acids is 1. The molecule has 1 amide bonds. The van der Waals surface area contributed by atoms with Crippen LogP contribution < -0.4 is 5.32 Å². The number of benzene rings is 1. The van der Waals surface area contributed by atoms with E-state index in [-0.39, 0.29) is 5.91 Å². The van der Waals surface area contributed by atoms with E-state index in [2.05, 4.69) is 17.2 Å². The largest absolute Gasteiger partial charge is 0.352 e. The SMILES string of the molecule is CCCCCCCCCCCCNC(=O)c1ccc(CN(O)Cc2ccccn2)cc1. The van der Waals surface area contributed by atoms with Crippen LogP contribution in [0.25, 0.3) is 0 Å². The van der Waals surface area contributed by atoms with Crippen LogP contribution in [0.1, 0.15) is 92.7 Å². The number of unbranched alkanes of at least 4 members (excludes halogenated alkanes) is 9. The van der Waals surface area contributed by atoms with Crippen LogP contribution >= 0.6 is 0 Å². The maximum absolute atomic E-state index is 12.3. The molecule has 0 radical (unpaired) electrons. The molecule has 5 heteroatoms. The first-order valence-corrected chi connectivity index (χ1v) is 11.9. The Bertz CT molecular complexity index is 719. The summed E-state index contributed by atoms with van der Waals surface area (Å²) < 4.78 is 0. The number of aromatic nitrogens is 1. The third-order valence-corrected chi connectivity index (χ3v) is 5.47. The van der Waals surface area contributed by atoms with Crippen LogP contribution in [-0.4, -0.2) is 27.7 Å². The molecule has 0 aliphatic rings. The van der Waals surface area contributed by atoms with Crippen LogP contribution in [-0.2, 0) is 13.1 Å². The first-order chi connectivity index (χ1) is 15.2. The van der Waals surface area contributed by atoms with Gasteiger partial charge < -0.3 is 10.5 Å². The molecule has 0 aliphatic heterocycles. The van der Waals surface area contributed by atoms with E-state index < -0.39 is 0 Å². The van der Waals surface area contributed by atoms with Crippen LogP contribution in [0, 0.1) is 0 Å². The molecule has 31 heavy (non-hydrogen) atoms. The van der Waals surface area contributed by atoms with Gasteiger partial charge in [0.25, 0.3) is 5.91 Å². The molecule has 0 unspecified atom stereocenters. The fourth-order valence-electron chi connectivity index (χ4n) is 3.62. The van der Waals surface area contributed by atoms with Gasteiger partial charge in [-0.3, -0.25) is 9.78 Å². The molecule has 2 aromatic rings. The molecule has 1 aromatic carbocycles. The highest BCUT2D eigenvalue weighted by atomic mass is 16.5. The molecule has 2 rings (SSSR count). The lowest BCUT2D eigenvalue weighted by Gasteiger charge is -2.14. The third kappa shape index (κ3) is 11.1. The lowest BCUT2D eigenvalue weighted by Crippen LogP contribution is -2.24. The summed E-state index contributed by atoms with van der Waals surface area (Å²) in [5, 5.41) is 14.4. The van der Waals surface area contributed by atoms with Crippen molar-refractivity contribution in [2.24, 2.45) is 0 Å². The fraction of sp³-hybridized carbons (Fsp3) is 0.538. The standard InChI is InChI=1S/C26H39N3O2/c1-2-3-4-5-6-7-8-9-10-12-20-28-26(30)24-17-15-23(16-18-24)21-29(31)22-25-14-11-13-19-27-25/h11,13-19,31H,2-10,12,20-22H2,1H3,(H,28,30). The molecular formula is C26H39N3O2. The Morgan fingerprint density at radius 1 is 0.871 bits per heavy atom. The number of amides is 1. The lowest BCUT2D eigenvalue weighted by molar-refractivity contribution is -0.109. The van der Waals surface area contributed by atoms with Crippen molar-refractivity contribution in [3.8, 4) is 0 Å². The van der Waals surface area contributed by atoms with Crippen LogP contribution in [0.2, 0.25) is 0 Å². The summed E-state index contributed by atoms with van der Waals surface area (Å²) in [5.74, 6) is -0.0307. The van der Waals surface area contributed by atoms with Gasteiger partial charge in [0.05, 0.1) is 12.2 Å². The Balaban J connectivity index is 1.56. The van der Waals surface area contributed by atoms with Crippen LogP contribution in [0.3, 0.4) is 0 Å². The molecule has 0 aliphatic carbocycles. The minimum Gasteiger partial charge on any atom is -0.352 e.